The average molecular weight is 268 g/mol. The second-order valence-electron chi connectivity index (χ2n) is 4.37. The highest BCUT2D eigenvalue weighted by molar-refractivity contribution is 5.83. The molecule has 0 radical (unpaired) electrons. The van der Waals surface area contributed by atoms with Crippen molar-refractivity contribution in [3.05, 3.63) is 24.2 Å². The molecular weight excluding hydrogens is 248 g/mol. The molecule has 0 fully saturated rings. The molecule has 2 atom stereocenters. The Hall–Kier alpha value is -1.82. The van der Waals surface area contributed by atoms with E-state index < -0.39 is 12.0 Å². The lowest BCUT2D eigenvalue weighted by Gasteiger charge is -2.19. The van der Waals surface area contributed by atoms with Gasteiger partial charge in [-0.2, -0.15) is 0 Å². The van der Waals surface area contributed by atoms with Gasteiger partial charge in [0.25, 0.3) is 0 Å². The molecule has 0 aliphatic carbocycles. The van der Waals surface area contributed by atoms with Gasteiger partial charge in [0.2, 0.25) is 5.91 Å². The molecule has 1 amide bonds. The lowest BCUT2D eigenvalue weighted by molar-refractivity contribution is -0.144. The fraction of sp³-hybridized carbons (Fsp3) is 0.538. The first-order valence-corrected chi connectivity index (χ1v) is 6.13. The van der Waals surface area contributed by atoms with Crippen molar-refractivity contribution in [3.8, 4) is 0 Å². The highest BCUT2D eigenvalue weighted by atomic mass is 16.5. The van der Waals surface area contributed by atoms with Crippen LogP contribution in [-0.2, 0) is 20.7 Å². The third-order valence-corrected chi connectivity index (χ3v) is 2.62. The molecule has 0 saturated carbocycles. The second-order valence-corrected chi connectivity index (χ2v) is 4.37. The molecule has 6 heteroatoms. The summed E-state index contributed by atoms with van der Waals surface area (Å²) in [4.78, 5) is 22.5. The zero-order chi connectivity index (χ0) is 14.3. The summed E-state index contributed by atoms with van der Waals surface area (Å²) in [5, 5.41) is 5.71. The van der Waals surface area contributed by atoms with E-state index in [-0.39, 0.29) is 11.9 Å². The maximum atomic E-state index is 11.5. The topological polar surface area (TPSA) is 80.6 Å². The third-order valence-electron chi connectivity index (χ3n) is 2.62. The number of esters is 1. The Balaban J connectivity index is 2.41. The quantitative estimate of drug-likeness (QED) is 0.703. The highest BCUT2D eigenvalue weighted by Gasteiger charge is 2.20. The van der Waals surface area contributed by atoms with E-state index in [9.17, 15) is 9.59 Å². The summed E-state index contributed by atoms with van der Waals surface area (Å²) in [7, 11) is 1.30. The maximum absolute atomic E-state index is 11.5. The van der Waals surface area contributed by atoms with Gasteiger partial charge in [-0.25, -0.2) is 4.79 Å². The van der Waals surface area contributed by atoms with Crippen LogP contribution in [0.25, 0.3) is 0 Å². The van der Waals surface area contributed by atoms with Crippen molar-refractivity contribution in [1.29, 1.82) is 0 Å². The van der Waals surface area contributed by atoms with Gasteiger partial charge in [0.05, 0.1) is 13.4 Å². The smallest absolute Gasteiger partial charge is 0.329 e. The zero-order valence-corrected chi connectivity index (χ0v) is 11.4. The minimum absolute atomic E-state index is 0.118. The molecule has 0 bridgehead atoms. The predicted molar refractivity (Wildman–Crippen MR) is 69.5 cm³/mol. The molecule has 0 aliphatic heterocycles. The summed E-state index contributed by atoms with van der Waals surface area (Å²) in [6.45, 7) is 3.65. The largest absolute Gasteiger partial charge is 0.469 e. The minimum Gasteiger partial charge on any atom is -0.469 e. The number of carbonyl (C=O) groups excluding carboxylic acids is 2. The van der Waals surface area contributed by atoms with Crippen molar-refractivity contribution in [2.75, 3.05) is 13.7 Å². The number of hydrogen-bond donors (Lipinski definition) is 2. The standard InChI is InChI=1S/C13H20N2O4/c1-9(7-11-5-4-6-19-11)14-8-12(13(17)18-3)15-10(2)16/h4-6,9,12,14H,7-8H2,1-3H3,(H,15,16). The minimum atomic E-state index is -0.679. The van der Waals surface area contributed by atoms with Gasteiger partial charge in [-0.05, 0) is 19.1 Å². The number of rotatable bonds is 7. The van der Waals surface area contributed by atoms with Crippen LogP contribution < -0.4 is 10.6 Å². The number of methoxy groups -OCH3 is 1. The van der Waals surface area contributed by atoms with Crippen LogP contribution in [0, 0.1) is 0 Å². The van der Waals surface area contributed by atoms with E-state index in [2.05, 4.69) is 15.4 Å². The van der Waals surface area contributed by atoms with E-state index in [1.165, 1.54) is 14.0 Å². The van der Waals surface area contributed by atoms with E-state index in [0.717, 1.165) is 5.76 Å². The van der Waals surface area contributed by atoms with Gasteiger partial charge in [-0.15, -0.1) is 0 Å². The molecule has 0 aromatic carbocycles. The van der Waals surface area contributed by atoms with E-state index >= 15 is 0 Å². The van der Waals surface area contributed by atoms with Crippen LogP contribution >= 0.6 is 0 Å². The van der Waals surface area contributed by atoms with Crippen LogP contribution in [-0.4, -0.2) is 37.6 Å². The number of furan rings is 1. The van der Waals surface area contributed by atoms with Crippen LogP contribution in [0.2, 0.25) is 0 Å². The molecule has 6 nitrogen and oxygen atoms in total. The van der Waals surface area contributed by atoms with Crippen LogP contribution in [0.3, 0.4) is 0 Å². The number of ether oxygens (including phenoxy) is 1. The highest BCUT2D eigenvalue weighted by Crippen LogP contribution is 2.03. The summed E-state index contributed by atoms with van der Waals surface area (Å²) in [5.74, 6) is 0.137. The molecule has 2 unspecified atom stereocenters. The van der Waals surface area contributed by atoms with Gasteiger partial charge in [0, 0.05) is 25.9 Å². The monoisotopic (exact) mass is 268 g/mol. The summed E-state index contributed by atoms with van der Waals surface area (Å²) < 4.78 is 9.88. The Bertz CT molecular complexity index is 403. The first kappa shape index (κ1) is 15.2. The Labute approximate surface area is 112 Å². The molecule has 1 rings (SSSR count). The summed E-state index contributed by atoms with van der Waals surface area (Å²) in [5.41, 5.74) is 0. The summed E-state index contributed by atoms with van der Waals surface area (Å²) >= 11 is 0. The van der Waals surface area contributed by atoms with Crippen molar-refractivity contribution < 1.29 is 18.7 Å². The average Bonchev–Trinajstić information content (AvgIpc) is 2.85. The molecule has 19 heavy (non-hydrogen) atoms. The zero-order valence-electron chi connectivity index (χ0n) is 11.4. The van der Waals surface area contributed by atoms with Gasteiger partial charge in [0.15, 0.2) is 0 Å². The van der Waals surface area contributed by atoms with E-state index in [1.807, 2.05) is 19.1 Å². The molecular formula is C13H20N2O4. The molecule has 1 aromatic rings. The number of amides is 1. The first-order chi connectivity index (χ1) is 9.02. The fourth-order valence-electron chi connectivity index (χ4n) is 1.70. The lowest BCUT2D eigenvalue weighted by atomic mass is 10.2. The molecule has 1 heterocycles. The van der Waals surface area contributed by atoms with Crippen LogP contribution in [0.5, 0.6) is 0 Å². The van der Waals surface area contributed by atoms with Crippen molar-refractivity contribution in [1.82, 2.24) is 10.6 Å². The normalized spacial score (nSPS) is 13.6. The lowest BCUT2D eigenvalue weighted by Crippen LogP contribution is -2.49. The van der Waals surface area contributed by atoms with Gasteiger partial charge in [0.1, 0.15) is 11.8 Å². The molecule has 0 aliphatic rings. The van der Waals surface area contributed by atoms with Crippen molar-refractivity contribution in [2.45, 2.75) is 32.4 Å². The number of carbonyl (C=O) groups is 2. The van der Waals surface area contributed by atoms with Crippen LogP contribution in [0.15, 0.2) is 22.8 Å². The molecule has 2 N–H and O–H groups in total. The Kier molecular flexibility index (Phi) is 6.08. The molecule has 0 saturated heterocycles. The van der Waals surface area contributed by atoms with Gasteiger partial charge < -0.3 is 19.8 Å². The van der Waals surface area contributed by atoms with E-state index in [0.29, 0.717) is 13.0 Å². The Morgan fingerprint density at radius 3 is 2.74 bits per heavy atom. The molecule has 106 valence electrons. The van der Waals surface area contributed by atoms with Crippen molar-refractivity contribution in [3.63, 3.8) is 0 Å². The van der Waals surface area contributed by atoms with Gasteiger partial charge in [-0.1, -0.05) is 0 Å². The van der Waals surface area contributed by atoms with Gasteiger partial charge in [-0.3, -0.25) is 4.79 Å². The number of hydrogen-bond acceptors (Lipinski definition) is 5. The van der Waals surface area contributed by atoms with Gasteiger partial charge >= 0.3 is 5.97 Å². The predicted octanol–water partition coefficient (Wildman–Crippen LogP) is 0.478. The van der Waals surface area contributed by atoms with Crippen molar-refractivity contribution >= 4 is 11.9 Å². The Morgan fingerprint density at radius 2 is 2.21 bits per heavy atom. The number of nitrogens with one attached hydrogen (secondary N) is 2. The first-order valence-electron chi connectivity index (χ1n) is 6.13. The third kappa shape index (κ3) is 5.56. The summed E-state index contributed by atoms with van der Waals surface area (Å²) in [6.07, 6.45) is 2.33. The summed E-state index contributed by atoms with van der Waals surface area (Å²) in [6, 6.07) is 3.16. The Morgan fingerprint density at radius 1 is 1.47 bits per heavy atom. The SMILES string of the molecule is COC(=O)C(CNC(C)Cc1ccco1)NC(C)=O. The second kappa shape index (κ2) is 7.58. The maximum Gasteiger partial charge on any atom is 0.329 e. The molecule has 1 aromatic heterocycles. The van der Waals surface area contributed by atoms with Crippen LogP contribution in [0.1, 0.15) is 19.6 Å². The molecule has 0 spiro atoms. The van der Waals surface area contributed by atoms with E-state index in [1.54, 1.807) is 6.26 Å². The van der Waals surface area contributed by atoms with E-state index in [4.69, 9.17) is 4.42 Å². The van der Waals surface area contributed by atoms with Crippen LogP contribution in [0.4, 0.5) is 0 Å². The fourth-order valence-corrected chi connectivity index (χ4v) is 1.70. The van der Waals surface area contributed by atoms with Crippen molar-refractivity contribution in [2.24, 2.45) is 0 Å².